The Bertz CT molecular complexity index is 264. The highest BCUT2D eigenvalue weighted by molar-refractivity contribution is 5.11. The first-order valence-electron chi connectivity index (χ1n) is 6.00. The molecule has 1 N–H and O–H groups in total. The van der Waals surface area contributed by atoms with Crippen molar-refractivity contribution in [3.63, 3.8) is 0 Å². The summed E-state index contributed by atoms with van der Waals surface area (Å²) in [7, 11) is 2.01. The molecule has 0 amide bonds. The predicted molar refractivity (Wildman–Crippen MR) is 66.5 cm³/mol. The molecular formula is C13H22N2O. The minimum Gasteiger partial charge on any atom is -0.381 e. The molecule has 0 aromatic carbocycles. The van der Waals surface area contributed by atoms with Crippen LogP contribution in [-0.2, 0) is 11.2 Å². The van der Waals surface area contributed by atoms with Gasteiger partial charge in [0.1, 0.15) is 0 Å². The van der Waals surface area contributed by atoms with E-state index in [0.29, 0.717) is 6.04 Å². The van der Waals surface area contributed by atoms with Crippen molar-refractivity contribution in [2.45, 2.75) is 32.2 Å². The number of aromatic nitrogens is 1. The van der Waals surface area contributed by atoms with Gasteiger partial charge in [-0.3, -0.25) is 4.98 Å². The van der Waals surface area contributed by atoms with Gasteiger partial charge >= 0.3 is 0 Å². The van der Waals surface area contributed by atoms with E-state index in [-0.39, 0.29) is 0 Å². The van der Waals surface area contributed by atoms with Gasteiger partial charge in [0.2, 0.25) is 0 Å². The van der Waals surface area contributed by atoms with Crippen molar-refractivity contribution in [2.75, 3.05) is 20.3 Å². The van der Waals surface area contributed by atoms with Crippen molar-refractivity contribution >= 4 is 0 Å². The van der Waals surface area contributed by atoms with Crippen LogP contribution >= 0.6 is 0 Å². The molecule has 1 aromatic heterocycles. The largest absolute Gasteiger partial charge is 0.381 e. The molecule has 1 aromatic rings. The van der Waals surface area contributed by atoms with Crippen molar-refractivity contribution in [2.24, 2.45) is 0 Å². The fourth-order valence-electron chi connectivity index (χ4n) is 1.62. The van der Waals surface area contributed by atoms with Gasteiger partial charge in [-0.05, 0) is 44.0 Å². The molecule has 16 heavy (non-hydrogen) atoms. The third kappa shape index (κ3) is 5.24. The van der Waals surface area contributed by atoms with Crippen molar-refractivity contribution in [1.82, 2.24) is 10.3 Å². The summed E-state index contributed by atoms with van der Waals surface area (Å²) in [5.74, 6) is 0. The Hall–Kier alpha value is -0.930. The van der Waals surface area contributed by atoms with Gasteiger partial charge in [-0.2, -0.15) is 0 Å². The Morgan fingerprint density at radius 2 is 2.06 bits per heavy atom. The lowest BCUT2D eigenvalue weighted by Gasteiger charge is -2.16. The Labute approximate surface area is 98.2 Å². The quantitative estimate of drug-likeness (QED) is 0.683. The second-order valence-corrected chi connectivity index (χ2v) is 3.95. The van der Waals surface area contributed by atoms with Gasteiger partial charge in [0.05, 0.1) is 0 Å². The van der Waals surface area contributed by atoms with Crippen molar-refractivity contribution in [3.8, 4) is 0 Å². The lowest BCUT2D eigenvalue weighted by atomic mass is 10.1. The zero-order valence-electron chi connectivity index (χ0n) is 10.3. The first-order valence-corrected chi connectivity index (χ1v) is 6.00. The molecule has 3 nitrogen and oxygen atoms in total. The predicted octanol–water partition coefficient (Wildman–Crippen LogP) is 2.03. The average molecular weight is 222 g/mol. The second-order valence-electron chi connectivity index (χ2n) is 3.95. The lowest BCUT2D eigenvalue weighted by Crippen LogP contribution is -2.29. The molecule has 90 valence electrons. The summed E-state index contributed by atoms with van der Waals surface area (Å²) >= 11 is 0. The Balaban J connectivity index is 2.26. The number of likely N-dealkylation sites (N-methyl/N-ethyl adjacent to an activating group) is 1. The third-order valence-electron chi connectivity index (χ3n) is 2.60. The number of nitrogens with zero attached hydrogens (tertiary/aromatic N) is 1. The average Bonchev–Trinajstić information content (AvgIpc) is 2.34. The number of hydrogen-bond acceptors (Lipinski definition) is 3. The van der Waals surface area contributed by atoms with Crippen molar-refractivity contribution in [1.29, 1.82) is 0 Å². The third-order valence-corrected chi connectivity index (χ3v) is 2.60. The molecular weight excluding hydrogens is 200 g/mol. The van der Waals surface area contributed by atoms with Crippen molar-refractivity contribution < 1.29 is 4.74 Å². The monoisotopic (exact) mass is 222 g/mol. The van der Waals surface area contributed by atoms with Crippen molar-refractivity contribution in [3.05, 3.63) is 30.1 Å². The molecule has 0 radical (unpaired) electrons. The SMILES string of the molecule is CCCOCCC(Cc1ccncc1)NC. The van der Waals surface area contributed by atoms with E-state index in [1.165, 1.54) is 5.56 Å². The summed E-state index contributed by atoms with van der Waals surface area (Å²) < 4.78 is 5.50. The highest BCUT2D eigenvalue weighted by atomic mass is 16.5. The summed E-state index contributed by atoms with van der Waals surface area (Å²) in [4.78, 5) is 4.02. The number of rotatable bonds is 8. The minimum atomic E-state index is 0.485. The highest BCUT2D eigenvalue weighted by Crippen LogP contribution is 2.04. The summed E-state index contributed by atoms with van der Waals surface area (Å²) in [5, 5.41) is 3.33. The van der Waals surface area contributed by atoms with Crippen LogP contribution in [0.2, 0.25) is 0 Å². The number of ether oxygens (including phenoxy) is 1. The van der Waals surface area contributed by atoms with Gasteiger partial charge in [-0.1, -0.05) is 6.92 Å². The summed E-state index contributed by atoms with van der Waals surface area (Å²) in [6.45, 7) is 3.84. The molecule has 0 aliphatic rings. The maximum atomic E-state index is 5.50. The molecule has 3 heteroatoms. The van der Waals surface area contributed by atoms with Crippen LogP contribution in [0, 0.1) is 0 Å². The Kier molecular flexibility index (Phi) is 6.77. The van der Waals surface area contributed by atoms with Crippen LogP contribution in [-0.4, -0.2) is 31.3 Å². The van der Waals surface area contributed by atoms with Crippen LogP contribution in [0.5, 0.6) is 0 Å². The highest BCUT2D eigenvalue weighted by Gasteiger charge is 2.06. The number of nitrogens with one attached hydrogen (secondary N) is 1. The van der Waals surface area contributed by atoms with Gasteiger partial charge in [0.15, 0.2) is 0 Å². The van der Waals surface area contributed by atoms with Crippen LogP contribution in [0.1, 0.15) is 25.3 Å². The Morgan fingerprint density at radius 1 is 1.31 bits per heavy atom. The normalized spacial score (nSPS) is 12.6. The summed E-state index contributed by atoms with van der Waals surface area (Å²) in [6, 6.07) is 4.62. The van der Waals surface area contributed by atoms with E-state index in [0.717, 1.165) is 32.5 Å². The molecule has 0 spiro atoms. The van der Waals surface area contributed by atoms with Gasteiger partial charge in [-0.25, -0.2) is 0 Å². The molecule has 1 rings (SSSR count). The fraction of sp³-hybridized carbons (Fsp3) is 0.615. The molecule has 0 aliphatic carbocycles. The zero-order chi connectivity index (χ0) is 11.6. The molecule has 0 saturated heterocycles. The van der Waals surface area contributed by atoms with Gasteiger partial charge in [-0.15, -0.1) is 0 Å². The molecule has 0 fully saturated rings. The second kappa shape index (κ2) is 8.25. The van der Waals surface area contributed by atoms with E-state index in [1.54, 1.807) is 0 Å². The zero-order valence-corrected chi connectivity index (χ0v) is 10.3. The number of hydrogen-bond donors (Lipinski definition) is 1. The van der Waals surface area contributed by atoms with Gasteiger partial charge in [0.25, 0.3) is 0 Å². The minimum absolute atomic E-state index is 0.485. The molecule has 1 unspecified atom stereocenters. The topological polar surface area (TPSA) is 34.1 Å². The first-order chi connectivity index (χ1) is 7.86. The van der Waals surface area contributed by atoms with Crippen LogP contribution in [0.15, 0.2) is 24.5 Å². The van der Waals surface area contributed by atoms with Gasteiger partial charge < -0.3 is 10.1 Å². The van der Waals surface area contributed by atoms with E-state index < -0.39 is 0 Å². The Morgan fingerprint density at radius 3 is 2.69 bits per heavy atom. The van der Waals surface area contributed by atoms with E-state index in [2.05, 4.69) is 29.4 Å². The molecule has 0 saturated carbocycles. The van der Waals surface area contributed by atoms with Crippen LogP contribution in [0.3, 0.4) is 0 Å². The molecule has 1 atom stereocenters. The summed E-state index contributed by atoms with van der Waals surface area (Å²) in [5.41, 5.74) is 1.32. The lowest BCUT2D eigenvalue weighted by molar-refractivity contribution is 0.125. The van der Waals surface area contributed by atoms with Gasteiger partial charge in [0, 0.05) is 31.6 Å². The summed E-state index contributed by atoms with van der Waals surface area (Å²) in [6.07, 6.45) is 6.87. The maximum Gasteiger partial charge on any atom is 0.0480 e. The van der Waals surface area contributed by atoms with Crippen LogP contribution < -0.4 is 5.32 Å². The van der Waals surface area contributed by atoms with E-state index >= 15 is 0 Å². The molecule has 0 bridgehead atoms. The molecule has 1 heterocycles. The standard InChI is InChI=1S/C13H22N2O/c1-3-9-16-10-6-13(14-2)11-12-4-7-15-8-5-12/h4-5,7-8,13-14H,3,6,9-11H2,1-2H3. The van der Waals surface area contributed by atoms with Crippen LogP contribution in [0.4, 0.5) is 0 Å². The number of pyridine rings is 1. The fourth-order valence-corrected chi connectivity index (χ4v) is 1.62. The maximum absolute atomic E-state index is 5.50. The van der Waals surface area contributed by atoms with E-state index in [4.69, 9.17) is 4.74 Å². The smallest absolute Gasteiger partial charge is 0.0480 e. The van der Waals surface area contributed by atoms with E-state index in [1.807, 2.05) is 19.4 Å². The van der Waals surface area contributed by atoms with E-state index in [9.17, 15) is 0 Å². The van der Waals surface area contributed by atoms with Crippen LogP contribution in [0.25, 0.3) is 0 Å². The first kappa shape index (κ1) is 13.1. The molecule has 0 aliphatic heterocycles.